The Hall–Kier alpha value is -1.86. The van der Waals surface area contributed by atoms with Crippen molar-refractivity contribution in [2.75, 3.05) is 13.2 Å². The zero-order valence-corrected chi connectivity index (χ0v) is 10.8. The van der Waals surface area contributed by atoms with Crippen molar-refractivity contribution in [3.8, 4) is 11.6 Å². The first kappa shape index (κ1) is 13.6. The molecular weight excluding hydrogens is 251 g/mol. The lowest BCUT2D eigenvalue weighted by Gasteiger charge is -2.19. The highest BCUT2D eigenvalue weighted by atomic mass is 19.1. The zero-order chi connectivity index (χ0) is 13.9. The van der Waals surface area contributed by atoms with Gasteiger partial charge in [-0.25, -0.2) is 9.37 Å². The normalized spacial score (nSPS) is 14.3. The van der Waals surface area contributed by atoms with Gasteiger partial charge in [0.15, 0.2) is 5.82 Å². The number of pyridine rings is 1. The SMILES string of the molecule is CCOCC(C)(N)c1noc(-c2ccc(F)cn2)n1. The van der Waals surface area contributed by atoms with Crippen LogP contribution in [0.2, 0.25) is 0 Å². The number of ether oxygens (including phenoxy) is 1. The summed E-state index contributed by atoms with van der Waals surface area (Å²) in [5.74, 6) is 0.0914. The van der Waals surface area contributed by atoms with Crippen molar-refractivity contribution in [1.82, 2.24) is 15.1 Å². The number of hydrogen-bond donors (Lipinski definition) is 1. The van der Waals surface area contributed by atoms with E-state index in [1.165, 1.54) is 12.1 Å². The molecule has 0 aliphatic heterocycles. The molecule has 2 aromatic rings. The number of aromatic nitrogens is 3. The van der Waals surface area contributed by atoms with Crippen LogP contribution in [0.5, 0.6) is 0 Å². The van der Waals surface area contributed by atoms with Crippen LogP contribution < -0.4 is 5.73 Å². The largest absolute Gasteiger partial charge is 0.379 e. The van der Waals surface area contributed by atoms with E-state index in [4.69, 9.17) is 15.0 Å². The number of nitrogens with two attached hydrogens (primary N) is 1. The highest BCUT2D eigenvalue weighted by molar-refractivity contribution is 5.45. The summed E-state index contributed by atoms with van der Waals surface area (Å²) in [5, 5.41) is 3.81. The van der Waals surface area contributed by atoms with Gasteiger partial charge in [0, 0.05) is 6.61 Å². The van der Waals surface area contributed by atoms with Crippen LogP contribution >= 0.6 is 0 Å². The Kier molecular flexibility index (Phi) is 3.87. The van der Waals surface area contributed by atoms with Crippen molar-refractivity contribution in [3.63, 3.8) is 0 Å². The minimum Gasteiger partial charge on any atom is -0.379 e. The van der Waals surface area contributed by atoms with E-state index >= 15 is 0 Å². The molecule has 0 radical (unpaired) electrons. The third-order valence-corrected chi connectivity index (χ3v) is 2.49. The lowest BCUT2D eigenvalue weighted by Crippen LogP contribution is -2.39. The molecule has 0 saturated carbocycles. The van der Waals surface area contributed by atoms with Crippen molar-refractivity contribution >= 4 is 0 Å². The van der Waals surface area contributed by atoms with Gasteiger partial charge in [-0.05, 0) is 26.0 Å². The number of nitrogens with zero attached hydrogens (tertiary/aromatic N) is 3. The van der Waals surface area contributed by atoms with Crippen LogP contribution in [0.25, 0.3) is 11.6 Å². The lowest BCUT2D eigenvalue weighted by atomic mass is 10.1. The zero-order valence-electron chi connectivity index (χ0n) is 10.8. The first-order chi connectivity index (χ1) is 9.03. The van der Waals surface area contributed by atoms with Gasteiger partial charge in [-0.3, -0.25) is 0 Å². The molecule has 1 atom stereocenters. The maximum Gasteiger partial charge on any atom is 0.276 e. The smallest absolute Gasteiger partial charge is 0.276 e. The molecule has 1 unspecified atom stereocenters. The maximum absolute atomic E-state index is 12.8. The van der Waals surface area contributed by atoms with E-state index in [2.05, 4.69) is 15.1 Å². The number of halogens is 1. The summed E-state index contributed by atoms with van der Waals surface area (Å²) in [6.07, 6.45) is 1.08. The Balaban J connectivity index is 2.21. The molecule has 0 amide bonds. The first-order valence-electron chi connectivity index (χ1n) is 5.85. The van der Waals surface area contributed by atoms with Crippen molar-refractivity contribution in [1.29, 1.82) is 0 Å². The number of hydrogen-bond acceptors (Lipinski definition) is 6. The topological polar surface area (TPSA) is 87.1 Å². The second-order valence-electron chi connectivity index (χ2n) is 4.34. The monoisotopic (exact) mass is 266 g/mol. The molecule has 2 rings (SSSR count). The Morgan fingerprint density at radius 3 is 2.89 bits per heavy atom. The van der Waals surface area contributed by atoms with Gasteiger partial charge in [-0.15, -0.1) is 0 Å². The Morgan fingerprint density at radius 1 is 1.47 bits per heavy atom. The highest BCUT2D eigenvalue weighted by Crippen LogP contribution is 2.20. The molecule has 0 fully saturated rings. The molecular formula is C12H15FN4O2. The fourth-order valence-corrected chi connectivity index (χ4v) is 1.44. The molecule has 2 heterocycles. The van der Waals surface area contributed by atoms with Crippen LogP contribution in [-0.4, -0.2) is 28.3 Å². The van der Waals surface area contributed by atoms with E-state index in [9.17, 15) is 4.39 Å². The molecule has 7 heteroatoms. The van der Waals surface area contributed by atoms with E-state index in [-0.39, 0.29) is 12.5 Å². The quantitative estimate of drug-likeness (QED) is 0.882. The van der Waals surface area contributed by atoms with Gasteiger partial charge in [0.25, 0.3) is 5.89 Å². The Labute approximate surface area is 109 Å². The van der Waals surface area contributed by atoms with Crippen LogP contribution in [0.1, 0.15) is 19.7 Å². The van der Waals surface area contributed by atoms with Gasteiger partial charge in [-0.2, -0.15) is 4.98 Å². The van der Waals surface area contributed by atoms with Crippen LogP contribution in [0.15, 0.2) is 22.9 Å². The summed E-state index contributed by atoms with van der Waals surface area (Å²) in [6.45, 7) is 4.45. The van der Waals surface area contributed by atoms with Gasteiger partial charge in [0.2, 0.25) is 0 Å². The van der Waals surface area contributed by atoms with E-state index < -0.39 is 11.4 Å². The summed E-state index contributed by atoms with van der Waals surface area (Å²) in [5.41, 5.74) is 5.60. The fourth-order valence-electron chi connectivity index (χ4n) is 1.44. The summed E-state index contributed by atoms with van der Waals surface area (Å²) in [6, 6.07) is 2.73. The molecule has 0 aliphatic carbocycles. The molecule has 0 aromatic carbocycles. The molecule has 0 bridgehead atoms. The molecule has 2 aromatic heterocycles. The predicted molar refractivity (Wildman–Crippen MR) is 65.5 cm³/mol. The third kappa shape index (κ3) is 3.12. The third-order valence-electron chi connectivity index (χ3n) is 2.49. The van der Waals surface area contributed by atoms with E-state index in [1.807, 2.05) is 6.92 Å². The molecule has 0 aliphatic rings. The van der Waals surface area contributed by atoms with Crippen molar-refractivity contribution in [2.24, 2.45) is 5.73 Å². The average Bonchev–Trinajstić information content (AvgIpc) is 2.88. The predicted octanol–water partition coefficient (Wildman–Crippen LogP) is 1.48. The van der Waals surface area contributed by atoms with E-state index in [1.54, 1.807) is 6.92 Å². The van der Waals surface area contributed by atoms with Crippen LogP contribution in [0, 0.1) is 5.82 Å². The molecule has 2 N–H and O–H groups in total. The number of rotatable bonds is 5. The summed E-state index contributed by atoms with van der Waals surface area (Å²) in [7, 11) is 0. The minimum atomic E-state index is -0.849. The second kappa shape index (κ2) is 5.41. The van der Waals surface area contributed by atoms with Gasteiger partial charge in [0.05, 0.1) is 12.8 Å². The first-order valence-corrected chi connectivity index (χ1v) is 5.85. The molecule has 0 spiro atoms. The van der Waals surface area contributed by atoms with Gasteiger partial charge in [-0.1, -0.05) is 5.16 Å². The highest BCUT2D eigenvalue weighted by Gasteiger charge is 2.28. The van der Waals surface area contributed by atoms with Gasteiger partial charge in [0.1, 0.15) is 17.1 Å². The van der Waals surface area contributed by atoms with Gasteiger partial charge < -0.3 is 15.0 Å². The van der Waals surface area contributed by atoms with Crippen LogP contribution in [0.4, 0.5) is 4.39 Å². The van der Waals surface area contributed by atoms with Crippen molar-refractivity contribution < 1.29 is 13.7 Å². The van der Waals surface area contributed by atoms with E-state index in [0.717, 1.165) is 6.20 Å². The molecule has 102 valence electrons. The summed E-state index contributed by atoms with van der Waals surface area (Å²) < 4.78 is 23.1. The molecule has 6 nitrogen and oxygen atoms in total. The van der Waals surface area contributed by atoms with Crippen molar-refractivity contribution in [2.45, 2.75) is 19.4 Å². The Morgan fingerprint density at radius 2 is 2.26 bits per heavy atom. The summed E-state index contributed by atoms with van der Waals surface area (Å²) >= 11 is 0. The fraction of sp³-hybridized carbons (Fsp3) is 0.417. The summed E-state index contributed by atoms with van der Waals surface area (Å²) in [4.78, 5) is 8.03. The second-order valence-corrected chi connectivity index (χ2v) is 4.34. The minimum absolute atomic E-state index is 0.197. The van der Waals surface area contributed by atoms with Crippen LogP contribution in [-0.2, 0) is 10.3 Å². The standard InChI is InChI=1S/C12H15FN4O2/c1-3-18-7-12(2,14)11-16-10(19-17-11)9-5-4-8(13)6-15-9/h4-6H,3,7,14H2,1-2H3. The average molecular weight is 266 g/mol. The lowest BCUT2D eigenvalue weighted by molar-refractivity contribution is 0.0962. The maximum atomic E-state index is 12.8. The Bertz CT molecular complexity index is 539. The van der Waals surface area contributed by atoms with Crippen molar-refractivity contribution in [3.05, 3.63) is 30.0 Å². The van der Waals surface area contributed by atoms with E-state index in [0.29, 0.717) is 18.1 Å². The molecule has 0 saturated heterocycles. The van der Waals surface area contributed by atoms with Gasteiger partial charge >= 0.3 is 0 Å². The molecule has 19 heavy (non-hydrogen) atoms. The van der Waals surface area contributed by atoms with Crippen LogP contribution in [0.3, 0.4) is 0 Å².